The summed E-state index contributed by atoms with van der Waals surface area (Å²) in [6.07, 6.45) is 0. The van der Waals surface area contributed by atoms with Gasteiger partial charge in [0.25, 0.3) is 5.91 Å². The van der Waals surface area contributed by atoms with Crippen molar-refractivity contribution in [1.29, 1.82) is 0 Å². The van der Waals surface area contributed by atoms with Gasteiger partial charge in [-0.1, -0.05) is 0 Å². The Hall–Kier alpha value is -3.02. The molecule has 0 atom stereocenters. The molecule has 0 aliphatic carbocycles. The zero-order valence-corrected chi connectivity index (χ0v) is 13.7. The average molecular weight is 324 g/mol. The Labute approximate surface area is 139 Å². The third-order valence-corrected chi connectivity index (χ3v) is 4.03. The van der Waals surface area contributed by atoms with E-state index >= 15 is 0 Å². The molecule has 3 N–H and O–H groups in total. The van der Waals surface area contributed by atoms with E-state index in [0.717, 1.165) is 24.5 Å². The number of H-pyrrole nitrogens is 2. The van der Waals surface area contributed by atoms with Crippen molar-refractivity contribution in [3.8, 4) is 0 Å². The summed E-state index contributed by atoms with van der Waals surface area (Å²) in [5, 5.41) is 2.87. The molecule has 6 heteroatoms. The molecular weight excluding hydrogens is 304 g/mol. The maximum Gasteiger partial charge on any atom is 0.323 e. The van der Waals surface area contributed by atoms with Crippen LogP contribution in [-0.4, -0.2) is 29.0 Å². The van der Waals surface area contributed by atoms with Crippen LogP contribution in [0.1, 0.15) is 24.2 Å². The van der Waals surface area contributed by atoms with Crippen LogP contribution < -0.4 is 15.9 Å². The molecule has 24 heavy (non-hydrogen) atoms. The smallest absolute Gasteiger partial charge is 0.323 e. The summed E-state index contributed by atoms with van der Waals surface area (Å²) in [5.74, 6) is -0.213. The number of hydrogen-bond acceptors (Lipinski definition) is 3. The predicted molar refractivity (Wildman–Crippen MR) is 96.9 cm³/mol. The van der Waals surface area contributed by atoms with Crippen molar-refractivity contribution in [3.63, 3.8) is 0 Å². The van der Waals surface area contributed by atoms with Gasteiger partial charge in [-0.2, -0.15) is 0 Å². The van der Waals surface area contributed by atoms with Crippen LogP contribution in [0.4, 0.5) is 11.4 Å². The van der Waals surface area contributed by atoms with Crippen LogP contribution in [0.5, 0.6) is 0 Å². The van der Waals surface area contributed by atoms with Crippen LogP contribution in [-0.2, 0) is 0 Å². The Morgan fingerprint density at radius 1 is 1.00 bits per heavy atom. The van der Waals surface area contributed by atoms with Crippen molar-refractivity contribution in [1.82, 2.24) is 9.97 Å². The average Bonchev–Trinajstić information content (AvgIpc) is 2.96. The summed E-state index contributed by atoms with van der Waals surface area (Å²) >= 11 is 0. The number of aromatic amines is 2. The highest BCUT2D eigenvalue weighted by atomic mass is 16.2. The Kier molecular flexibility index (Phi) is 4.37. The fourth-order valence-corrected chi connectivity index (χ4v) is 2.72. The van der Waals surface area contributed by atoms with Crippen molar-refractivity contribution in [2.75, 3.05) is 23.3 Å². The van der Waals surface area contributed by atoms with Crippen LogP contribution in [0.25, 0.3) is 11.0 Å². The maximum atomic E-state index is 12.4. The fourth-order valence-electron chi connectivity index (χ4n) is 2.72. The van der Waals surface area contributed by atoms with Gasteiger partial charge in [-0.25, -0.2) is 4.79 Å². The number of rotatable bonds is 5. The normalized spacial score (nSPS) is 10.8. The van der Waals surface area contributed by atoms with Crippen LogP contribution >= 0.6 is 0 Å². The lowest BCUT2D eigenvalue weighted by molar-refractivity contribution is 0.102. The second-order valence-corrected chi connectivity index (χ2v) is 5.51. The van der Waals surface area contributed by atoms with Gasteiger partial charge in [0.05, 0.1) is 11.0 Å². The largest absolute Gasteiger partial charge is 0.372 e. The molecule has 0 saturated heterocycles. The number of carbonyl (C=O) groups is 1. The van der Waals surface area contributed by atoms with Gasteiger partial charge in [0.2, 0.25) is 0 Å². The highest BCUT2D eigenvalue weighted by Crippen LogP contribution is 2.19. The summed E-state index contributed by atoms with van der Waals surface area (Å²) in [4.78, 5) is 31.2. The number of hydrogen-bond donors (Lipinski definition) is 3. The molecule has 0 aliphatic heterocycles. The molecule has 0 radical (unpaired) electrons. The molecule has 1 heterocycles. The molecule has 0 bridgehead atoms. The Morgan fingerprint density at radius 3 is 2.33 bits per heavy atom. The summed E-state index contributed by atoms with van der Waals surface area (Å²) in [6, 6.07) is 12.8. The van der Waals surface area contributed by atoms with E-state index in [4.69, 9.17) is 0 Å². The third kappa shape index (κ3) is 3.17. The van der Waals surface area contributed by atoms with Gasteiger partial charge in [0.1, 0.15) is 0 Å². The standard InChI is InChI=1S/C18H20N4O2/c1-3-22(4-2)14-8-6-13(7-9-14)19-17(23)12-5-10-15-16(11-12)21-18(24)20-15/h5-11H,3-4H2,1-2H3,(H,19,23)(H2,20,21,24). The molecule has 0 spiro atoms. The Morgan fingerprint density at radius 2 is 1.67 bits per heavy atom. The first kappa shape index (κ1) is 15.9. The first-order valence-corrected chi connectivity index (χ1v) is 7.99. The highest BCUT2D eigenvalue weighted by Gasteiger charge is 2.09. The summed E-state index contributed by atoms with van der Waals surface area (Å²) in [7, 11) is 0. The maximum absolute atomic E-state index is 12.4. The topological polar surface area (TPSA) is 81.0 Å². The van der Waals surface area contributed by atoms with Gasteiger partial charge >= 0.3 is 5.69 Å². The Balaban J connectivity index is 1.76. The molecule has 1 aromatic heterocycles. The zero-order chi connectivity index (χ0) is 17.1. The van der Waals surface area contributed by atoms with E-state index in [-0.39, 0.29) is 11.6 Å². The number of aromatic nitrogens is 2. The number of anilines is 2. The quantitative estimate of drug-likeness (QED) is 0.675. The van der Waals surface area contributed by atoms with Crippen molar-refractivity contribution in [2.45, 2.75) is 13.8 Å². The van der Waals surface area contributed by atoms with E-state index < -0.39 is 0 Å². The first-order valence-electron chi connectivity index (χ1n) is 7.99. The van der Waals surface area contributed by atoms with Crippen molar-refractivity contribution < 1.29 is 4.79 Å². The monoisotopic (exact) mass is 324 g/mol. The number of amides is 1. The van der Waals surface area contributed by atoms with E-state index in [1.807, 2.05) is 24.3 Å². The summed E-state index contributed by atoms with van der Waals surface area (Å²) < 4.78 is 0. The molecule has 1 amide bonds. The zero-order valence-electron chi connectivity index (χ0n) is 13.7. The second-order valence-electron chi connectivity index (χ2n) is 5.51. The molecule has 0 saturated carbocycles. The minimum Gasteiger partial charge on any atom is -0.372 e. The Bertz CT molecular complexity index is 905. The summed E-state index contributed by atoms with van der Waals surface area (Å²) in [6.45, 7) is 6.11. The van der Waals surface area contributed by atoms with Gasteiger partial charge in [-0.05, 0) is 56.3 Å². The molecule has 6 nitrogen and oxygen atoms in total. The summed E-state index contributed by atoms with van der Waals surface area (Å²) in [5.41, 5.74) is 3.37. The van der Waals surface area contributed by atoms with E-state index in [1.54, 1.807) is 18.2 Å². The van der Waals surface area contributed by atoms with Crippen molar-refractivity contribution in [2.24, 2.45) is 0 Å². The lowest BCUT2D eigenvalue weighted by Gasteiger charge is -2.21. The van der Waals surface area contributed by atoms with Gasteiger partial charge < -0.3 is 20.2 Å². The van der Waals surface area contributed by atoms with Crippen LogP contribution in [0.3, 0.4) is 0 Å². The van der Waals surface area contributed by atoms with E-state index in [0.29, 0.717) is 16.6 Å². The van der Waals surface area contributed by atoms with Crippen LogP contribution in [0, 0.1) is 0 Å². The van der Waals surface area contributed by atoms with Gasteiger partial charge in [-0.15, -0.1) is 0 Å². The third-order valence-electron chi connectivity index (χ3n) is 4.03. The molecule has 3 aromatic rings. The molecular formula is C18H20N4O2. The number of carbonyl (C=O) groups excluding carboxylic acids is 1. The molecule has 2 aromatic carbocycles. The van der Waals surface area contributed by atoms with E-state index in [9.17, 15) is 9.59 Å². The number of nitrogens with one attached hydrogen (secondary N) is 3. The molecule has 3 rings (SSSR count). The first-order chi connectivity index (χ1) is 11.6. The molecule has 0 fully saturated rings. The van der Waals surface area contributed by atoms with Crippen LogP contribution in [0.2, 0.25) is 0 Å². The van der Waals surface area contributed by atoms with Crippen LogP contribution in [0.15, 0.2) is 47.3 Å². The highest BCUT2D eigenvalue weighted by molar-refractivity contribution is 6.05. The van der Waals surface area contributed by atoms with E-state index in [1.165, 1.54) is 0 Å². The van der Waals surface area contributed by atoms with Crippen molar-refractivity contribution >= 4 is 28.3 Å². The lowest BCUT2D eigenvalue weighted by atomic mass is 10.2. The van der Waals surface area contributed by atoms with Gasteiger partial charge in [0.15, 0.2) is 0 Å². The van der Waals surface area contributed by atoms with E-state index in [2.05, 4.69) is 34.0 Å². The molecule has 0 unspecified atom stereocenters. The molecule has 0 aliphatic rings. The number of benzene rings is 2. The lowest BCUT2D eigenvalue weighted by Crippen LogP contribution is -2.21. The molecule has 124 valence electrons. The SMILES string of the molecule is CCN(CC)c1ccc(NC(=O)c2ccc3[nH]c(=O)[nH]c3c2)cc1. The number of fused-ring (bicyclic) bond motifs is 1. The van der Waals surface area contributed by atoms with Gasteiger partial charge in [0, 0.05) is 30.0 Å². The predicted octanol–water partition coefficient (Wildman–Crippen LogP) is 2.95. The van der Waals surface area contributed by atoms with Crippen molar-refractivity contribution in [3.05, 3.63) is 58.5 Å². The number of imidazole rings is 1. The van der Waals surface area contributed by atoms with Gasteiger partial charge in [-0.3, -0.25) is 4.79 Å². The second kappa shape index (κ2) is 6.62. The fraction of sp³-hybridized carbons (Fsp3) is 0.222. The minimum absolute atomic E-state index is 0.213. The number of nitrogens with zero attached hydrogens (tertiary/aromatic N) is 1. The minimum atomic E-state index is -0.283.